The molecular formula is C18H15N3O3. The molecule has 0 spiro atoms. The second-order valence-electron chi connectivity index (χ2n) is 5.12. The van der Waals surface area contributed by atoms with Crippen molar-refractivity contribution >= 4 is 23.2 Å². The first-order valence-corrected chi connectivity index (χ1v) is 7.31. The van der Waals surface area contributed by atoms with Gasteiger partial charge in [0.1, 0.15) is 5.76 Å². The van der Waals surface area contributed by atoms with Crippen LogP contribution in [0.15, 0.2) is 65.3 Å². The fourth-order valence-corrected chi connectivity index (χ4v) is 2.20. The Morgan fingerprint density at radius 1 is 1.00 bits per heavy atom. The summed E-state index contributed by atoms with van der Waals surface area (Å²) in [4.78, 5) is 27.3. The highest BCUT2D eigenvalue weighted by molar-refractivity contribution is 6.02. The zero-order chi connectivity index (χ0) is 16.9. The normalized spacial score (nSPS) is 10.2. The van der Waals surface area contributed by atoms with Crippen LogP contribution < -0.4 is 10.6 Å². The summed E-state index contributed by atoms with van der Waals surface area (Å²) in [6, 6.07) is 14.0. The number of rotatable bonds is 4. The van der Waals surface area contributed by atoms with E-state index in [9.17, 15) is 9.59 Å². The van der Waals surface area contributed by atoms with Crippen molar-refractivity contribution in [2.24, 2.45) is 0 Å². The molecule has 6 nitrogen and oxygen atoms in total. The maximum atomic E-state index is 12.2. The van der Waals surface area contributed by atoms with E-state index in [0.29, 0.717) is 17.1 Å². The highest BCUT2D eigenvalue weighted by Gasteiger charge is 2.13. The summed E-state index contributed by atoms with van der Waals surface area (Å²) in [5.41, 5.74) is 2.02. The summed E-state index contributed by atoms with van der Waals surface area (Å²) in [7, 11) is 0. The van der Waals surface area contributed by atoms with Crippen molar-refractivity contribution in [3.8, 4) is 11.3 Å². The van der Waals surface area contributed by atoms with Gasteiger partial charge in [0, 0.05) is 24.4 Å². The van der Waals surface area contributed by atoms with E-state index >= 15 is 0 Å². The third kappa shape index (κ3) is 3.67. The molecule has 0 radical (unpaired) electrons. The minimum atomic E-state index is -0.354. The minimum Gasteiger partial charge on any atom is -0.451 e. The van der Waals surface area contributed by atoms with Crippen LogP contribution in [0.4, 0.5) is 11.4 Å². The van der Waals surface area contributed by atoms with E-state index in [1.54, 1.807) is 54.9 Å². The Labute approximate surface area is 138 Å². The van der Waals surface area contributed by atoms with Gasteiger partial charge in [-0.15, -0.1) is 0 Å². The average molecular weight is 321 g/mol. The van der Waals surface area contributed by atoms with E-state index in [1.165, 1.54) is 6.92 Å². The van der Waals surface area contributed by atoms with E-state index in [0.717, 1.165) is 5.56 Å². The molecule has 0 fully saturated rings. The lowest BCUT2D eigenvalue weighted by atomic mass is 10.1. The van der Waals surface area contributed by atoms with Crippen LogP contribution in [0, 0.1) is 0 Å². The zero-order valence-electron chi connectivity index (χ0n) is 12.9. The van der Waals surface area contributed by atoms with Gasteiger partial charge in [0.15, 0.2) is 5.76 Å². The third-order valence-electron chi connectivity index (χ3n) is 3.22. The van der Waals surface area contributed by atoms with Gasteiger partial charge < -0.3 is 15.1 Å². The maximum Gasteiger partial charge on any atom is 0.291 e. The lowest BCUT2D eigenvalue weighted by Gasteiger charge is -2.04. The number of furan rings is 1. The van der Waals surface area contributed by atoms with Crippen LogP contribution in [0.3, 0.4) is 0 Å². The van der Waals surface area contributed by atoms with E-state index in [4.69, 9.17) is 4.42 Å². The average Bonchev–Trinajstić information content (AvgIpc) is 3.05. The Kier molecular flexibility index (Phi) is 4.38. The lowest BCUT2D eigenvalue weighted by Crippen LogP contribution is -2.10. The summed E-state index contributed by atoms with van der Waals surface area (Å²) < 4.78 is 5.62. The highest BCUT2D eigenvalue weighted by atomic mass is 16.3. The molecule has 0 unspecified atom stereocenters. The van der Waals surface area contributed by atoms with Gasteiger partial charge in [0.25, 0.3) is 5.91 Å². The van der Waals surface area contributed by atoms with Gasteiger partial charge in [-0.3, -0.25) is 14.6 Å². The predicted molar refractivity (Wildman–Crippen MR) is 90.6 cm³/mol. The summed E-state index contributed by atoms with van der Waals surface area (Å²) in [5.74, 6) is 0.229. The zero-order valence-corrected chi connectivity index (χ0v) is 12.9. The first-order chi connectivity index (χ1) is 11.6. The summed E-state index contributed by atoms with van der Waals surface area (Å²) in [6.45, 7) is 1.44. The molecular weight excluding hydrogens is 306 g/mol. The number of anilines is 2. The molecule has 3 rings (SSSR count). The van der Waals surface area contributed by atoms with Crippen molar-refractivity contribution < 1.29 is 14.0 Å². The monoisotopic (exact) mass is 321 g/mol. The van der Waals surface area contributed by atoms with Crippen molar-refractivity contribution in [2.45, 2.75) is 6.92 Å². The van der Waals surface area contributed by atoms with Gasteiger partial charge in [0.2, 0.25) is 5.91 Å². The molecule has 2 amide bonds. The van der Waals surface area contributed by atoms with Crippen LogP contribution in [0.2, 0.25) is 0 Å². The molecule has 120 valence electrons. The molecule has 2 aromatic heterocycles. The maximum absolute atomic E-state index is 12.2. The van der Waals surface area contributed by atoms with E-state index in [1.807, 2.05) is 6.07 Å². The number of hydrogen-bond acceptors (Lipinski definition) is 4. The third-order valence-corrected chi connectivity index (χ3v) is 3.22. The standard InChI is InChI=1S/C18H15N3O3/c1-12(22)20-14-5-2-4-13(10-14)16-7-8-17(24-16)18(23)21-15-6-3-9-19-11-15/h2-11H,1H3,(H,20,22)(H,21,23). The largest absolute Gasteiger partial charge is 0.451 e. The first-order valence-electron chi connectivity index (χ1n) is 7.31. The van der Waals surface area contributed by atoms with Crippen LogP contribution >= 0.6 is 0 Å². The molecule has 24 heavy (non-hydrogen) atoms. The number of pyridine rings is 1. The van der Waals surface area contributed by atoms with Gasteiger partial charge in [-0.05, 0) is 36.4 Å². The van der Waals surface area contributed by atoms with Crippen molar-refractivity contribution in [1.29, 1.82) is 0 Å². The molecule has 6 heteroatoms. The number of carbonyl (C=O) groups excluding carboxylic acids is 2. The Hall–Kier alpha value is -3.41. The summed E-state index contributed by atoms with van der Waals surface area (Å²) >= 11 is 0. The van der Waals surface area contributed by atoms with Crippen molar-refractivity contribution in [2.75, 3.05) is 10.6 Å². The topological polar surface area (TPSA) is 84.2 Å². The second kappa shape index (κ2) is 6.78. The fraction of sp³-hybridized carbons (Fsp3) is 0.0556. The van der Waals surface area contributed by atoms with Crippen molar-refractivity contribution in [1.82, 2.24) is 4.98 Å². The Morgan fingerprint density at radius 3 is 2.58 bits per heavy atom. The fourth-order valence-electron chi connectivity index (χ4n) is 2.20. The van der Waals surface area contributed by atoms with Crippen LogP contribution in [-0.2, 0) is 4.79 Å². The molecule has 3 aromatic rings. The molecule has 2 N–H and O–H groups in total. The van der Waals surface area contributed by atoms with E-state index in [-0.39, 0.29) is 17.6 Å². The smallest absolute Gasteiger partial charge is 0.291 e. The molecule has 1 aromatic carbocycles. The quantitative estimate of drug-likeness (QED) is 0.769. The lowest BCUT2D eigenvalue weighted by molar-refractivity contribution is -0.114. The number of hydrogen-bond donors (Lipinski definition) is 2. The van der Waals surface area contributed by atoms with Gasteiger partial charge in [-0.2, -0.15) is 0 Å². The minimum absolute atomic E-state index is 0.150. The molecule has 0 aliphatic carbocycles. The Morgan fingerprint density at radius 2 is 1.83 bits per heavy atom. The molecule has 0 saturated carbocycles. The number of amides is 2. The molecule has 0 bridgehead atoms. The predicted octanol–water partition coefficient (Wildman–Crippen LogP) is 3.55. The SMILES string of the molecule is CC(=O)Nc1cccc(-c2ccc(C(=O)Nc3cccnc3)o2)c1. The molecule has 0 aliphatic heterocycles. The summed E-state index contributed by atoms with van der Waals surface area (Å²) in [5, 5.41) is 5.42. The number of aromatic nitrogens is 1. The van der Waals surface area contributed by atoms with Gasteiger partial charge in [0.05, 0.1) is 11.9 Å². The molecule has 0 saturated heterocycles. The number of carbonyl (C=O) groups is 2. The second-order valence-corrected chi connectivity index (χ2v) is 5.12. The van der Waals surface area contributed by atoms with Crippen molar-refractivity contribution in [3.05, 3.63) is 66.7 Å². The molecule has 0 aliphatic rings. The van der Waals surface area contributed by atoms with Crippen LogP contribution in [0.5, 0.6) is 0 Å². The molecule has 2 heterocycles. The van der Waals surface area contributed by atoms with Gasteiger partial charge >= 0.3 is 0 Å². The number of benzene rings is 1. The highest BCUT2D eigenvalue weighted by Crippen LogP contribution is 2.25. The van der Waals surface area contributed by atoms with Gasteiger partial charge in [-0.25, -0.2) is 0 Å². The van der Waals surface area contributed by atoms with Crippen LogP contribution in [0.25, 0.3) is 11.3 Å². The van der Waals surface area contributed by atoms with Crippen molar-refractivity contribution in [3.63, 3.8) is 0 Å². The van der Waals surface area contributed by atoms with Crippen LogP contribution in [-0.4, -0.2) is 16.8 Å². The number of nitrogens with one attached hydrogen (secondary N) is 2. The van der Waals surface area contributed by atoms with Gasteiger partial charge in [-0.1, -0.05) is 12.1 Å². The van der Waals surface area contributed by atoms with Crippen LogP contribution in [0.1, 0.15) is 17.5 Å². The Balaban J connectivity index is 1.78. The van der Waals surface area contributed by atoms with E-state index in [2.05, 4.69) is 15.6 Å². The molecule has 0 atom stereocenters. The Bertz CT molecular complexity index is 872. The summed E-state index contributed by atoms with van der Waals surface area (Å²) in [6.07, 6.45) is 3.18. The first kappa shape index (κ1) is 15.5. The number of nitrogens with zero attached hydrogens (tertiary/aromatic N) is 1. The van der Waals surface area contributed by atoms with E-state index < -0.39 is 0 Å².